The minimum Gasteiger partial charge on any atom is -0.319 e. The van der Waals surface area contributed by atoms with Crippen molar-refractivity contribution in [2.75, 3.05) is 0 Å². The van der Waals surface area contributed by atoms with E-state index < -0.39 is 17.7 Å². The lowest BCUT2D eigenvalue weighted by Gasteiger charge is -2.13. The van der Waals surface area contributed by atoms with Crippen molar-refractivity contribution < 1.29 is 8.78 Å². The molecule has 0 bridgehead atoms. The van der Waals surface area contributed by atoms with Crippen molar-refractivity contribution in [2.45, 2.75) is 26.3 Å². The molecular formula is C14H15F2NS. The van der Waals surface area contributed by atoms with E-state index in [0.717, 1.165) is 16.2 Å². The molecule has 0 saturated carbocycles. The van der Waals surface area contributed by atoms with E-state index in [1.165, 1.54) is 23.5 Å². The van der Waals surface area contributed by atoms with E-state index in [0.29, 0.717) is 5.56 Å². The van der Waals surface area contributed by atoms with Crippen molar-refractivity contribution in [3.63, 3.8) is 0 Å². The van der Waals surface area contributed by atoms with Crippen LogP contribution in [0.25, 0.3) is 0 Å². The Morgan fingerprint density at radius 1 is 1.22 bits per heavy atom. The van der Waals surface area contributed by atoms with E-state index in [4.69, 9.17) is 5.73 Å². The van der Waals surface area contributed by atoms with E-state index >= 15 is 0 Å². The van der Waals surface area contributed by atoms with Gasteiger partial charge in [0.25, 0.3) is 0 Å². The van der Waals surface area contributed by atoms with Gasteiger partial charge in [-0.2, -0.15) is 0 Å². The third-order valence-electron chi connectivity index (χ3n) is 2.97. The molecule has 96 valence electrons. The van der Waals surface area contributed by atoms with Gasteiger partial charge in [0.05, 0.1) is 6.04 Å². The van der Waals surface area contributed by atoms with Gasteiger partial charge in [0, 0.05) is 15.3 Å². The van der Waals surface area contributed by atoms with Crippen molar-refractivity contribution in [1.29, 1.82) is 0 Å². The van der Waals surface area contributed by atoms with Crippen LogP contribution in [0.5, 0.6) is 0 Å². The van der Waals surface area contributed by atoms with Crippen LogP contribution in [0.1, 0.15) is 33.8 Å². The quantitative estimate of drug-likeness (QED) is 0.895. The lowest BCUT2D eigenvalue weighted by atomic mass is 10.0. The summed E-state index contributed by atoms with van der Waals surface area (Å²) in [6.45, 7) is 3.64. The summed E-state index contributed by atoms with van der Waals surface area (Å²) in [5.41, 5.74) is 6.35. The second-order valence-corrected chi connectivity index (χ2v) is 5.43. The van der Waals surface area contributed by atoms with Crippen molar-refractivity contribution in [3.8, 4) is 0 Å². The van der Waals surface area contributed by atoms with Gasteiger partial charge >= 0.3 is 0 Å². The Morgan fingerprint density at radius 2 is 1.94 bits per heavy atom. The number of benzene rings is 1. The summed E-state index contributed by atoms with van der Waals surface area (Å²) in [7, 11) is 0. The van der Waals surface area contributed by atoms with Gasteiger partial charge < -0.3 is 5.73 Å². The van der Waals surface area contributed by atoms with Crippen molar-refractivity contribution in [3.05, 3.63) is 56.8 Å². The molecule has 1 aromatic heterocycles. The first-order valence-corrected chi connectivity index (χ1v) is 6.65. The molecule has 2 aromatic rings. The Balaban J connectivity index is 2.45. The van der Waals surface area contributed by atoms with Crippen LogP contribution in [0, 0.1) is 18.6 Å². The van der Waals surface area contributed by atoms with Crippen molar-refractivity contribution in [2.24, 2.45) is 5.73 Å². The first-order chi connectivity index (χ1) is 8.54. The molecule has 2 N–H and O–H groups in total. The van der Waals surface area contributed by atoms with Gasteiger partial charge in [0.1, 0.15) is 11.6 Å². The number of thiophene rings is 1. The highest BCUT2D eigenvalue weighted by Gasteiger charge is 2.21. The molecule has 0 fully saturated rings. The summed E-state index contributed by atoms with van der Waals surface area (Å²) in [5.74, 6) is -1.13. The SMILES string of the molecule is CCc1ccc(C(N)c2c(F)ccc(C)c2F)s1. The van der Waals surface area contributed by atoms with E-state index in [1.54, 1.807) is 6.92 Å². The Kier molecular flexibility index (Phi) is 3.78. The summed E-state index contributed by atoms with van der Waals surface area (Å²) in [6, 6.07) is 5.74. The zero-order valence-corrected chi connectivity index (χ0v) is 11.2. The number of rotatable bonds is 3. The molecular weight excluding hydrogens is 252 g/mol. The van der Waals surface area contributed by atoms with Crippen LogP contribution in [-0.4, -0.2) is 0 Å². The summed E-state index contributed by atoms with van der Waals surface area (Å²) < 4.78 is 27.7. The molecule has 0 aliphatic rings. The van der Waals surface area contributed by atoms with Gasteiger partial charge in [0.15, 0.2) is 0 Å². The minimum absolute atomic E-state index is 0.0421. The van der Waals surface area contributed by atoms with E-state index in [-0.39, 0.29) is 5.56 Å². The van der Waals surface area contributed by atoms with Gasteiger partial charge in [-0.15, -0.1) is 11.3 Å². The van der Waals surface area contributed by atoms with Crippen LogP contribution in [-0.2, 0) is 6.42 Å². The largest absolute Gasteiger partial charge is 0.319 e. The van der Waals surface area contributed by atoms with E-state index in [1.807, 2.05) is 19.1 Å². The molecule has 4 heteroatoms. The molecule has 2 rings (SSSR count). The number of halogens is 2. The summed E-state index contributed by atoms with van der Waals surface area (Å²) in [5, 5.41) is 0. The molecule has 1 nitrogen and oxygen atoms in total. The van der Waals surface area contributed by atoms with Gasteiger partial charge in [0.2, 0.25) is 0 Å². The zero-order chi connectivity index (χ0) is 13.3. The fourth-order valence-corrected chi connectivity index (χ4v) is 2.82. The molecule has 0 amide bonds. The maximum absolute atomic E-state index is 14.0. The molecule has 0 radical (unpaired) electrons. The van der Waals surface area contributed by atoms with Gasteiger partial charge in [-0.3, -0.25) is 0 Å². The highest BCUT2D eigenvalue weighted by molar-refractivity contribution is 7.12. The molecule has 0 aliphatic carbocycles. The third-order valence-corrected chi connectivity index (χ3v) is 4.28. The average Bonchev–Trinajstić information content (AvgIpc) is 2.83. The molecule has 0 saturated heterocycles. The Hall–Kier alpha value is -1.26. The van der Waals surface area contributed by atoms with Gasteiger partial charge in [-0.1, -0.05) is 13.0 Å². The predicted molar refractivity (Wildman–Crippen MR) is 70.8 cm³/mol. The Labute approximate surface area is 109 Å². The summed E-state index contributed by atoms with van der Waals surface area (Å²) >= 11 is 1.50. The van der Waals surface area contributed by atoms with Crippen molar-refractivity contribution >= 4 is 11.3 Å². The standard InChI is InChI=1S/C14H15F2NS/c1-3-9-5-7-11(18-9)14(17)12-10(15)6-4-8(2)13(12)16/h4-7,14H,3,17H2,1-2H3. The number of aryl methyl sites for hydroxylation is 2. The third kappa shape index (κ3) is 2.31. The lowest BCUT2D eigenvalue weighted by Crippen LogP contribution is -2.15. The van der Waals surface area contributed by atoms with E-state index in [9.17, 15) is 8.78 Å². The second kappa shape index (κ2) is 5.16. The Morgan fingerprint density at radius 3 is 2.56 bits per heavy atom. The molecule has 18 heavy (non-hydrogen) atoms. The molecule has 0 spiro atoms. The maximum Gasteiger partial charge on any atom is 0.134 e. The minimum atomic E-state index is -0.741. The van der Waals surface area contributed by atoms with Crippen LogP contribution >= 0.6 is 11.3 Å². The highest BCUT2D eigenvalue weighted by atomic mass is 32.1. The van der Waals surface area contributed by atoms with Crippen molar-refractivity contribution in [1.82, 2.24) is 0 Å². The van der Waals surface area contributed by atoms with Gasteiger partial charge in [-0.25, -0.2) is 8.78 Å². The van der Waals surface area contributed by atoms with Crippen LogP contribution in [0.2, 0.25) is 0 Å². The monoisotopic (exact) mass is 267 g/mol. The topological polar surface area (TPSA) is 26.0 Å². The highest BCUT2D eigenvalue weighted by Crippen LogP contribution is 2.31. The maximum atomic E-state index is 14.0. The fourth-order valence-electron chi connectivity index (χ4n) is 1.86. The molecule has 0 aliphatic heterocycles. The summed E-state index contributed by atoms with van der Waals surface area (Å²) in [4.78, 5) is 1.95. The normalized spacial score (nSPS) is 12.7. The fraction of sp³-hybridized carbons (Fsp3) is 0.286. The van der Waals surface area contributed by atoms with E-state index in [2.05, 4.69) is 0 Å². The number of hydrogen-bond acceptors (Lipinski definition) is 2. The lowest BCUT2D eigenvalue weighted by molar-refractivity contribution is 0.539. The van der Waals surface area contributed by atoms with Crippen LogP contribution in [0.4, 0.5) is 8.78 Å². The number of hydrogen-bond donors (Lipinski definition) is 1. The van der Waals surface area contributed by atoms with Crippen LogP contribution < -0.4 is 5.73 Å². The van der Waals surface area contributed by atoms with Gasteiger partial charge in [-0.05, 0) is 37.1 Å². The average molecular weight is 267 g/mol. The first kappa shape index (κ1) is 13.2. The molecule has 1 heterocycles. The smallest absolute Gasteiger partial charge is 0.134 e. The van der Waals surface area contributed by atoms with Crippen LogP contribution in [0.3, 0.4) is 0 Å². The molecule has 1 atom stereocenters. The molecule has 1 aromatic carbocycles. The first-order valence-electron chi connectivity index (χ1n) is 5.83. The van der Waals surface area contributed by atoms with Crippen LogP contribution in [0.15, 0.2) is 24.3 Å². The summed E-state index contributed by atoms with van der Waals surface area (Å²) in [6.07, 6.45) is 0.899. The Bertz CT molecular complexity index is 563. The number of nitrogens with two attached hydrogens (primary N) is 1. The predicted octanol–water partition coefficient (Wildman–Crippen LogP) is 3.95. The second-order valence-electron chi connectivity index (χ2n) is 4.23. The zero-order valence-electron chi connectivity index (χ0n) is 10.3. The molecule has 1 unspecified atom stereocenters.